The Bertz CT molecular complexity index is 212. The van der Waals surface area contributed by atoms with Gasteiger partial charge in [0.1, 0.15) is 13.1 Å². The molecule has 0 saturated carbocycles. The van der Waals surface area contributed by atoms with E-state index >= 15 is 0 Å². The maximum atomic E-state index is 11.1. The molecule has 0 spiro atoms. The van der Waals surface area contributed by atoms with Gasteiger partial charge in [0.05, 0.1) is 12.1 Å². The van der Waals surface area contributed by atoms with Crippen LogP contribution in [0.4, 0.5) is 0 Å². The van der Waals surface area contributed by atoms with Gasteiger partial charge in [-0.25, -0.2) is 0 Å². The van der Waals surface area contributed by atoms with Crippen LogP contribution in [0.2, 0.25) is 0 Å². The lowest BCUT2D eigenvalue weighted by Crippen LogP contribution is -2.31. The lowest BCUT2D eigenvalue weighted by molar-refractivity contribution is -0.129. The van der Waals surface area contributed by atoms with Crippen LogP contribution >= 0.6 is 12.6 Å². The highest BCUT2D eigenvalue weighted by Gasteiger charge is 2.10. The normalized spacial score (nSPS) is 8.25. The summed E-state index contributed by atoms with van der Waals surface area (Å²) in [5.74, 6) is 0.236. The van der Waals surface area contributed by atoms with Gasteiger partial charge in [-0.1, -0.05) is 0 Å². The highest BCUT2D eigenvalue weighted by molar-refractivity contribution is 7.80. The van der Waals surface area contributed by atoms with E-state index in [4.69, 9.17) is 10.5 Å². The molecule has 0 aliphatic carbocycles. The Hall–Kier alpha value is -1.20. The Morgan fingerprint density at radius 2 is 1.83 bits per heavy atom. The average molecular weight is 183 g/mol. The van der Waals surface area contributed by atoms with Crippen molar-refractivity contribution in [3.05, 3.63) is 0 Å². The third kappa shape index (κ3) is 3.85. The number of carbonyl (C=O) groups is 1. The van der Waals surface area contributed by atoms with Crippen molar-refractivity contribution < 1.29 is 4.79 Å². The lowest BCUT2D eigenvalue weighted by Gasteiger charge is -2.14. The fourth-order valence-corrected chi connectivity index (χ4v) is 0.848. The van der Waals surface area contributed by atoms with Crippen molar-refractivity contribution in [3.63, 3.8) is 0 Å². The maximum Gasteiger partial charge on any atom is 0.225 e. The summed E-state index contributed by atoms with van der Waals surface area (Å²) < 4.78 is 0. The zero-order valence-electron chi connectivity index (χ0n) is 6.53. The molecule has 0 aromatic rings. The maximum absolute atomic E-state index is 11.1. The number of rotatable bonds is 4. The summed E-state index contributed by atoms with van der Waals surface area (Å²) in [6.45, 7) is -0.0552. The summed E-state index contributed by atoms with van der Waals surface area (Å²) in [5, 5.41) is 16.6. The van der Waals surface area contributed by atoms with Crippen LogP contribution in [0.1, 0.15) is 6.42 Å². The quantitative estimate of drug-likeness (QED) is 0.499. The molecular formula is C7H9N3OS. The van der Waals surface area contributed by atoms with Gasteiger partial charge in [-0.3, -0.25) is 4.79 Å². The zero-order chi connectivity index (χ0) is 9.40. The molecule has 0 aromatic carbocycles. The summed E-state index contributed by atoms with van der Waals surface area (Å²) in [4.78, 5) is 12.3. The number of nitrogens with zero attached hydrogens (tertiary/aromatic N) is 3. The molecule has 0 N–H and O–H groups in total. The SMILES string of the molecule is N#CCN(CC#N)C(=O)CCS. The molecule has 0 radical (unpaired) electrons. The smallest absolute Gasteiger partial charge is 0.225 e. The lowest BCUT2D eigenvalue weighted by atomic mass is 10.4. The van der Waals surface area contributed by atoms with E-state index in [1.54, 1.807) is 0 Å². The van der Waals surface area contributed by atoms with E-state index in [9.17, 15) is 4.79 Å². The Morgan fingerprint density at radius 1 is 1.33 bits per heavy atom. The molecule has 0 unspecified atom stereocenters. The molecule has 0 saturated heterocycles. The molecule has 1 amide bonds. The molecule has 12 heavy (non-hydrogen) atoms. The summed E-state index contributed by atoms with van der Waals surface area (Å²) in [7, 11) is 0. The number of hydrogen-bond donors (Lipinski definition) is 1. The van der Waals surface area contributed by atoms with E-state index in [1.807, 2.05) is 12.1 Å². The molecule has 0 bridgehead atoms. The Balaban J connectivity index is 4.03. The minimum absolute atomic E-state index is 0.0276. The zero-order valence-corrected chi connectivity index (χ0v) is 7.42. The molecule has 0 rings (SSSR count). The molecule has 0 aliphatic rings. The highest BCUT2D eigenvalue weighted by atomic mass is 32.1. The van der Waals surface area contributed by atoms with Crippen LogP contribution in [0.3, 0.4) is 0 Å². The second kappa shape index (κ2) is 6.51. The number of hydrogen-bond acceptors (Lipinski definition) is 4. The topological polar surface area (TPSA) is 67.9 Å². The second-order valence-electron chi connectivity index (χ2n) is 2.04. The summed E-state index contributed by atoms with van der Waals surface area (Å²) in [5.41, 5.74) is 0. The average Bonchev–Trinajstić information content (AvgIpc) is 2.04. The highest BCUT2D eigenvalue weighted by Crippen LogP contribution is 1.94. The van der Waals surface area contributed by atoms with Crippen molar-refractivity contribution >= 4 is 18.5 Å². The van der Waals surface area contributed by atoms with Gasteiger partial charge in [0.15, 0.2) is 0 Å². The van der Waals surface area contributed by atoms with Crippen LogP contribution in [0.5, 0.6) is 0 Å². The first-order valence-electron chi connectivity index (χ1n) is 3.38. The van der Waals surface area contributed by atoms with Gasteiger partial charge in [0.2, 0.25) is 5.91 Å². The van der Waals surface area contributed by atoms with Gasteiger partial charge in [0.25, 0.3) is 0 Å². The largest absolute Gasteiger partial charge is 0.316 e. The fourth-order valence-electron chi connectivity index (χ4n) is 0.657. The van der Waals surface area contributed by atoms with Gasteiger partial charge in [-0.2, -0.15) is 23.2 Å². The van der Waals surface area contributed by atoms with E-state index in [-0.39, 0.29) is 25.4 Å². The molecule has 0 aliphatic heterocycles. The van der Waals surface area contributed by atoms with Crippen LogP contribution in [0, 0.1) is 22.7 Å². The van der Waals surface area contributed by atoms with Crippen LogP contribution in [-0.4, -0.2) is 29.6 Å². The Labute approximate surface area is 76.8 Å². The molecule has 0 atom stereocenters. The van der Waals surface area contributed by atoms with E-state index in [0.717, 1.165) is 0 Å². The van der Waals surface area contributed by atoms with Crippen molar-refractivity contribution in [2.75, 3.05) is 18.8 Å². The number of carbonyl (C=O) groups excluding carboxylic acids is 1. The standard InChI is InChI=1S/C7H9N3OS/c8-2-4-10(5-3-9)7(11)1-6-12/h12H,1,4-6H2. The van der Waals surface area contributed by atoms with Gasteiger partial charge in [0, 0.05) is 6.42 Å². The van der Waals surface area contributed by atoms with Crippen LogP contribution in [0.15, 0.2) is 0 Å². The molecule has 4 nitrogen and oxygen atoms in total. The third-order valence-electron chi connectivity index (χ3n) is 1.20. The Morgan fingerprint density at radius 3 is 2.17 bits per heavy atom. The van der Waals surface area contributed by atoms with Gasteiger partial charge in [-0.05, 0) is 5.75 Å². The predicted octanol–water partition coefficient (Wildman–Crippen LogP) is 0.182. The minimum atomic E-state index is -0.201. The van der Waals surface area contributed by atoms with Gasteiger partial charge >= 0.3 is 0 Å². The van der Waals surface area contributed by atoms with Crippen LogP contribution in [0.25, 0.3) is 0 Å². The first kappa shape index (κ1) is 10.8. The molecular weight excluding hydrogens is 174 g/mol. The first-order chi connectivity index (χ1) is 5.76. The van der Waals surface area contributed by atoms with Crippen LogP contribution in [-0.2, 0) is 4.79 Å². The monoisotopic (exact) mass is 183 g/mol. The van der Waals surface area contributed by atoms with E-state index < -0.39 is 0 Å². The van der Waals surface area contributed by atoms with E-state index in [2.05, 4.69) is 12.6 Å². The number of thiol groups is 1. The van der Waals surface area contributed by atoms with Crippen molar-refractivity contribution in [1.29, 1.82) is 10.5 Å². The van der Waals surface area contributed by atoms with Crippen LogP contribution < -0.4 is 0 Å². The van der Waals surface area contributed by atoms with Crippen molar-refractivity contribution in [2.24, 2.45) is 0 Å². The van der Waals surface area contributed by atoms with Crippen molar-refractivity contribution in [1.82, 2.24) is 4.90 Å². The molecule has 0 aromatic heterocycles. The molecule has 5 heteroatoms. The molecule has 0 fully saturated rings. The number of nitriles is 2. The summed E-state index contributed by atoms with van der Waals surface area (Å²) in [6, 6.07) is 3.64. The predicted molar refractivity (Wildman–Crippen MR) is 46.3 cm³/mol. The number of amides is 1. The third-order valence-corrected chi connectivity index (χ3v) is 1.43. The summed E-state index contributed by atoms with van der Waals surface area (Å²) >= 11 is 3.88. The molecule has 64 valence electrons. The van der Waals surface area contributed by atoms with Gasteiger partial charge in [-0.15, -0.1) is 0 Å². The minimum Gasteiger partial charge on any atom is -0.316 e. The second-order valence-corrected chi connectivity index (χ2v) is 2.49. The summed E-state index contributed by atoms with van der Waals surface area (Å²) in [6.07, 6.45) is 0.270. The van der Waals surface area contributed by atoms with E-state index in [1.165, 1.54) is 4.90 Å². The Kier molecular flexibility index (Phi) is 5.86. The first-order valence-corrected chi connectivity index (χ1v) is 4.02. The molecule has 0 heterocycles. The van der Waals surface area contributed by atoms with Gasteiger partial charge < -0.3 is 4.90 Å². The fraction of sp³-hybridized carbons (Fsp3) is 0.571. The van der Waals surface area contributed by atoms with Crippen molar-refractivity contribution in [2.45, 2.75) is 6.42 Å². The van der Waals surface area contributed by atoms with E-state index in [0.29, 0.717) is 5.75 Å². The van der Waals surface area contributed by atoms with Crippen molar-refractivity contribution in [3.8, 4) is 12.1 Å².